The summed E-state index contributed by atoms with van der Waals surface area (Å²) in [4.78, 5) is 19.4. The molecule has 148 valence electrons. The van der Waals surface area contributed by atoms with Crippen molar-refractivity contribution in [1.29, 1.82) is 0 Å². The molecule has 1 aliphatic heterocycles. The molecule has 0 aromatic carbocycles. The van der Waals surface area contributed by atoms with Gasteiger partial charge >= 0.3 is 0 Å². The predicted octanol–water partition coefficient (Wildman–Crippen LogP) is 3.44. The van der Waals surface area contributed by atoms with E-state index in [0.717, 1.165) is 50.2 Å². The molecule has 1 aliphatic carbocycles. The van der Waals surface area contributed by atoms with Gasteiger partial charge in [0.25, 0.3) is 0 Å². The van der Waals surface area contributed by atoms with Crippen LogP contribution in [0, 0.1) is 5.92 Å². The summed E-state index contributed by atoms with van der Waals surface area (Å²) in [7, 11) is 0. The van der Waals surface area contributed by atoms with Gasteiger partial charge in [-0.05, 0) is 56.7 Å². The standard InChI is InChI=1S/C19H30N4O.2ClH/c1-19(20)9-4-3-7-16(19)18(24)22-14-15-8-10-21-17(13-15)23-11-5-2-6-12-23;;/h8,10,13,16H,2-7,9,11-12,14,20H2,1H3,(H,22,24);2*1H. The Morgan fingerprint density at radius 2 is 2.00 bits per heavy atom. The topological polar surface area (TPSA) is 71.2 Å². The highest BCUT2D eigenvalue weighted by Crippen LogP contribution is 2.31. The molecule has 5 nitrogen and oxygen atoms in total. The van der Waals surface area contributed by atoms with Gasteiger partial charge in [-0.15, -0.1) is 24.8 Å². The van der Waals surface area contributed by atoms with Crippen LogP contribution in [-0.4, -0.2) is 29.5 Å². The summed E-state index contributed by atoms with van der Waals surface area (Å²) in [5.41, 5.74) is 7.07. The molecule has 0 spiro atoms. The fourth-order valence-corrected chi connectivity index (χ4v) is 3.97. The molecule has 1 aromatic heterocycles. The number of hydrogen-bond donors (Lipinski definition) is 2. The molecule has 1 aromatic rings. The molecule has 0 radical (unpaired) electrons. The van der Waals surface area contributed by atoms with Crippen LogP contribution in [0.15, 0.2) is 18.3 Å². The summed E-state index contributed by atoms with van der Waals surface area (Å²) in [5.74, 6) is 1.05. The second kappa shape index (κ2) is 10.3. The maximum Gasteiger partial charge on any atom is 0.225 e. The van der Waals surface area contributed by atoms with Crippen molar-refractivity contribution in [1.82, 2.24) is 10.3 Å². The van der Waals surface area contributed by atoms with E-state index < -0.39 is 0 Å². The molecular formula is C19H32Cl2N4O. The lowest BCUT2D eigenvalue weighted by atomic mass is 9.74. The molecular weight excluding hydrogens is 371 g/mol. The van der Waals surface area contributed by atoms with Gasteiger partial charge in [0.15, 0.2) is 0 Å². The third-order valence-electron chi connectivity index (χ3n) is 5.53. The first-order chi connectivity index (χ1) is 11.6. The SMILES string of the molecule is CC1(N)CCCCC1C(=O)NCc1ccnc(N2CCCCC2)c1.Cl.Cl. The maximum absolute atomic E-state index is 12.6. The number of carbonyl (C=O) groups is 1. The van der Waals surface area contributed by atoms with Gasteiger partial charge in [0.1, 0.15) is 5.82 Å². The largest absolute Gasteiger partial charge is 0.357 e. The molecule has 1 amide bonds. The van der Waals surface area contributed by atoms with E-state index >= 15 is 0 Å². The minimum atomic E-state index is -0.375. The van der Waals surface area contributed by atoms with E-state index in [1.165, 1.54) is 19.3 Å². The molecule has 3 rings (SSSR count). The van der Waals surface area contributed by atoms with Crippen molar-refractivity contribution in [2.45, 2.75) is 64.0 Å². The van der Waals surface area contributed by atoms with Gasteiger partial charge in [0.2, 0.25) is 5.91 Å². The Morgan fingerprint density at radius 1 is 1.27 bits per heavy atom. The number of hydrogen-bond acceptors (Lipinski definition) is 4. The van der Waals surface area contributed by atoms with Crippen molar-refractivity contribution in [3.63, 3.8) is 0 Å². The molecule has 2 heterocycles. The lowest BCUT2D eigenvalue weighted by Crippen LogP contribution is -2.52. The first-order valence-corrected chi connectivity index (χ1v) is 9.33. The van der Waals surface area contributed by atoms with E-state index in [2.05, 4.69) is 21.3 Å². The molecule has 0 bridgehead atoms. The lowest BCUT2D eigenvalue weighted by molar-refractivity contribution is -0.128. The number of aromatic nitrogens is 1. The van der Waals surface area contributed by atoms with Gasteiger partial charge in [-0.3, -0.25) is 4.79 Å². The number of halogens is 2. The Kier molecular flexibility index (Phi) is 9.14. The van der Waals surface area contributed by atoms with E-state index in [-0.39, 0.29) is 42.2 Å². The highest BCUT2D eigenvalue weighted by Gasteiger charge is 2.37. The van der Waals surface area contributed by atoms with Crippen LogP contribution in [0.5, 0.6) is 0 Å². The molecule has 1 saturated heterocycles. The van der Waals surface area contributed by atoms with Gasteiger partial charge < -0.3 is 16.0 Å². The zero-order valence-corrected chi connectivity index (χ0v) is 17.2. The van der Waals surface area contributed by atoms with Crippen molar-refractivity contribution in [2.24, 2.45) is 11.7 Å². The molecule has 2 fully saturated rings. The molecule has 1 saturated carbocycles. The molecule has 2 atom stereocenters. The summed E-state index contributed by atoms with van der Waals surface area (Å²) < 4.78 is 0. The Balaban J connectivity index is 0.00000169. The van der Waals surface area contributed by atoms with Gasteiger partial charge in [-0.1, -0.05) is 12.8 Å². The van der Waals surface area contributed by atoms with Crippen molar-refractivity contribution in [3.8, 4) is 0 Å². The third-order valence-corrected chi connectivity index (χ3v) is 5.53. The number of carbonyl (C=O) groups excluding carboxylic acids is 1. The van der Waals surface area contributed by atoms with Crippen LogP contribution in [0.3, 0.4) is 0 Å². The average Bonchev–Trinajstić information content (AvgIpc) is 2.60. The smallest absolute Gasteiger partial charge is 0.225 e. The lowest BCUT2D eigenvalue weighted by Gasteiger charge is -2.37. The van der Waals surface area contributed by atoms with Crippen LogP contribution in [0.2, 0.25) is 0 Å². The van der Waals surface area contributed by atoms with E-state index in [9.17, 15) is 4.79 Å². The van der Waals surface area contributed by atoms with Gasteiger partial charge in [0, 0.05) is 31.4 Å². The van der Waals surface area contributed by atoms with Crippen molar-refractivity contribution < 1.29 is 4.79 Å². The number of anilines is 1. The molecule has 2 aliphatic rings. The Bertz CT molecular complexity index is 576. The molecule has 7 heteroatoms. The Morgan fingerprint density at radius 3 is 2.69 bits per heavy atom. The number of amides is 1. The van der Waals surface area contributed by atoms with E-state index in [4.69, 9.17) is 5.73 Å². The highest BCUT2D eigenvalue weighted by atomic mass is 35.5. The van der Waals surface area contributed by atoms with Gasteiger partial charge in [-0.25, -0.2) is 4.98 Å². The van der Waals surface area contributed by atoms with E-state index in [1.54, 1.807) is 0 Å². The van der Waals surface area contributed by atoms with Crippen LogP contribution in [-0.2, 0) is 11.3 Å². The number of nitrogens with two attached hydrogens (primary N) is 1. The van der Waals surface area contributed by atoms with Crippen LogP contribution < -0.4 is 16.0 Å². The number of pyridine rings is 1. The fraction of sp³-hybridized carbons (Fsp3) is 0.684. The zero-order valence-electron chi connectivity index (χ0n) is 15.6. The second-order valence-corrected chi connectivity index (χ2v) is 7.59. The number of nitrogens with one attached hydrogen (secondary N) is 1. The number of nitrogens with zero attached hydrogens (tertiary/aromatic N) is 2. The first-order valence-electron chi connectivity index (χ1n) is 9.33. The molecule has 3 N–H and O–H groups in total. The zero-order chi connectivity index (χ0) is 17.0. The van der Waals surface area contributed by atoms with Gasteiger partial charge in [0.05, 0.1) is 5.92 Å². The normalized spacial score (nSPS) is 25.6. The van der Waals surface area contributed by atoms with E-state index in [1.807, 2.05) is 19.2 Å². The third kappa shape index (κ3) is 5.73. The van der Waals surface area contributed by atoms with Crippen LogP contribution in [0.1, 0.15) is 57.4 Å². The number of piperidine rings is 1. The van der Waals surface area contributed by atoms with Crippen molar-refractivity contribution in [3.05, 3.63) is 23.9 Å². The minimum Gasteiger partial charge on any atom is -0.357 e. The Labute approximate surface area is 169 Å². The van der Waals surface area contributed by atoms with Crippen LogP contribution >= 0.6 is 24.8 Å². The van der Waals surface area contributed by atoms with Crippen LogP contribution in [0.4, 0.5) is 5.82 Å². The average molecular weight is 403 g/mol. The summed E-state index contributed by atoms with van der Waals surface area (Å²) in [6.45, 7) is 4.72. The van der Waals surface area contributed by atoms with Gasteiger partial charge in [-0.2, -0.15) is 0 Å². The summed E-state index contributed by atoms with van der Waals surface area (Å²) in [6, 6.07) is 4.09. The summed E-state index contributed by atoms with van der Waals surface area (Å²) >= 11 is 0. The maximum atomic E-state index is 12.6. The minimum absolute atomic E-state index is 0. The predicted molar refractivity (Wildman–Crippen MR) is 111 cm³/mol. The number of rotatable bonds is 4. The quantitative estimate of drug-likeness (QED) is 0.808. The van der Waals surface area contributed by atoms with Crippen LogP contribution in [0.25, 0.3) is 0 Å². The summed E-state index contributed by atoms with van der Waals surface area (Å²) in [6.07, 6.45) is 9.68. The summed E-state index contributed by atoms with van der Waals surface area (Å²) in [5, 5.41) is 3.09. The Hall–Kier alpha value is -1.04. The monoisotopic (exact) mass is 402 g/mol. The molecule has 26 heavy (non-hydrogen) atoms. The second-order valence-electron chi connectivity index (χ2n) is 7.59. The van der Waals surface area contributed by atoms with Crippen molar-refractivity contribution >= 4 is 36.5 Å². The van der Waals surface area contributed by atoms with Crippen molar-refractivity contribution in [2.75, 3.05) is 18.0 Å². The highest BCUT2D eigenvalue weighted by molar-refractivity contribution is 5.85. The van der Waals surface area contributed by atoms with E-state index in [0.29, 0.717) is 6.54 Å². The molecule has 2 unspecified atom stereocenters. The first kappa shape index (κ1) is 23.0. The fourth-order valence-electron chi connectivity index (χ4n) is 3.97.